The van der Waals surface area contributed by atoms with Gasteiger partial charge in [-0.1, -0.05) is 18.2 Å². The van der Waals surface area contributed by atoms with E-state index in [9.17, 15) is 27.8 Å². The van der Waals surface area contributed by atoms with Crippen molar-refractivity contribution >= 4 is 28.1 Å². The molecule has 1 amide bonds. The van der Waals surface area contributed by atoms with Crippen molar-refractivity contribution in [2.75, 3.05) is 42.1 Å². The van der Waals surface area contributed by atoms with Gasteiger partial charge in [0.15, 0.2) is 11.6 Å². The minimum atomic E-state index is -3.02. The number of aliphatic hydroxyl groups is 1. The molecule has 0 unspecified atom stereocenters. The third kappa shape index (κ3) is 8.80. The van der Waals surface area contributed by atoms with Crippen LogP contribution in [-0.2, 0) is 13.0 Å². The Morgan fingerprint density at radius 3 is 2.58 bits per heavy atom. The Morgan fingerprint density at radius 2 is 1.86 bits per heavy atom. The maximum atomic E-state index is 14.0. The van der Waals surface area contributed by atoms with Gasteiger partial charge in [-0.15, -0.1) is 10.8 Å². The number of carbonyl (C=O) groups is 1. The number of anilines is 2. The monoisotopic (exact) mass is 618 g/mol. The zero-order valence-electron chi connectivity index (χ0n) is 24.4. The number of halogens is 2. The Hall–Kier alpha value is -3.42. The van der Waals surface area contributed by atoms with Gasteiger partial charge in [-0.2, -0.15) is 0 Å². The molecule has 1 aliphatic rings. The number of ether oxygens (including phenoxy) is 1. The molecule has 3 aromatic rings. The van der Waals surface area contributed by atoms with Crippen molar-refractivity contribution in [3.05, 3.63) is 89.0 Å². The standard InChI is InChI=1S/C31H40F2N4O5S/c1-3-35-24-16-23(17-25(18-24)37-11-4-5-12-43(37,40)41)31(39)36-29(15-21-9-10-27(32)28(33)14-21)30(38)20-34-19-22-7-6-8-26(13-22)42-2/h6-10,13-14,16-18,29-30,34-35,38,40-41H,3-5,11-12,15,19-20H2,1-2H3,(H,36,39)/t29-,30+/m0/s1. The Morgan fingerprint density at radius 1 is 1.05 bits per heavy atom. The first-order chi connectivity index (χ1) is 20.6. The molecule has 0 bridgehead atoms. The van der Waals surface area contributed by atoms with Crippen LogP contribution in [0.5, 0.6) is 5.75 Å². The van der Waals surface area contributed by atoms with Crippen LogP contribution < -0.4 is 25.0 Å². The molecule has 6 N–H and O–H groups in total. The van der Waals surface area contributed by atoms with Crippen molar-refractivity contribution in [3.8, 4) is 5.75 Å². The van der Waals surface area contributed by atoms with Crippen molar-refractivity contribution < 1.29 is 32.5 Å². The number of amides is 1. The molecule has 0 aromatic heterocycles. The first kappa shape index (κ1) is 32.5. The van der Waals surface area contributed by atoms with Crippen molar-refractivity contribution in [1.82, 2.24) is 10.6 Å². The maximum absolute atomic E-state index is 14.0. The third-order valence-electron chi connectivity index (χ3n) is 7.27. The second kappa shape index (κ2) is 14.8. The molecular weight excluding hydrogens is 578 g/mol. The second-order valence-corrected chi connectivity index (χ2v) is 12.6. The number of hydrogen-bond acceptors (Lipinski definition) is 8. The van der Waals surface area contributed by atoms with E-state index >= 15 is 0 Å². The Labute approximate surface area is 252 Å². The minimum absolute atomic E-state index is 0.0391. The van der Waals surface area contributed by atoms with Crippen LogP contribution in [0.25, 0.3) is 0 Å². The molecule has 234 valence electrons. The Kier molecular flexibility index (Phi) is 11.2. The highest BCUT2D eigenvalue weighted by molar-refractivity contribution is 8.25. The summed E-state index contributed by atoms with van der Waals surface area (Å²) >= 11 is 0. The molecule has 0 radical (unpaired) electrons. The minimum Gasteiger partial charge on any atom is -0.497 e. The highest BCUT2D eigenvalue weighted by Gasteiger charge is 2.29. The van der Waals surface area contributed by atoms with Gasteiger partial charge in [0.25, 0.3) is 5.91 Å². The van der Waals surface area contributed by atoms with E-state index in [1.54, 1.807) is 29.6 Å². The Bertz CT molecular complexity index is 1400. The van der Waals surface area contributed by atoms with E-state index in [1.807, 2.05) is 31.2 Å². The van der Waals surface area contributed by atoms with Gasteiger partial charge in [-0.05, 0) is 79.8 Å². The van der Waals surface area contributed by atoms with E-state index in [-0.39, 0.29) is 24.3 Å². The average molecular weight is 619 g/mol. The smallest absolute Gasteiger partial charge is 0.251 e. The summed E-state index contributed by atoms with van der Waals surface area (Å²) in [7, 11) is -1.44. The SMILES string of the molecule is CCNc1cc(C(=O)N[C@@H](Cc2ccc(F)c(F)c2)[C@H](O)CNCc2cccc(OC)c2)cc(N2CCCCS2(O)O)c1. The van der Waals surface area contributed by atoms with Crippen LogP contribution in [-0.4, -0.2) is 64.8 Å². The summed E-state index contributed by atoms with van der Waals surface area (Å²) in [5, 5.41) is 20.4. The first-order valence-electron chi connectivity index (χ1n) is 14.3. The normalized spacial score (nSPS) is 16.7. The van der Waals surface area contributed by atoms with Gasteiger partial charge in [-0.25, -0.2) is 8.78 Å². The predicted molar refractivity (Wildman–Crippen MR) is 167 cm³/mol. The van der Waals surface area contributed by atoms with E-state index in [0.29, 0.717) is 48.7 Å². The summed E-state index contributed by atoms with van der Waals surface area (Å²) in [6.07, 6.45) is 0.438. The zero-order chi connectivity index (χ0) is 31.0. The highest BCUT2D eigenvalue weighted by atomic mass is 32.3. The lowest BCUT2D eigenvalue weighted by Crippen LogP contribution is -2.48. The summed E-state index contributed by atoms with van der Waals surface area (Å²) in [4.78, 5) is 13.6. The average Bonchev–Trinajstić information content (AvgIpc) is 2.98. The molecule has 1 aliphatic heterocycles. The zero-order valence-corrected chi connectivity index (χ0v) is 25.2. The third-order valence-corrected chi connectivity index (χ3v) is 9.20. The topological polar surface area (TPSA) is 126 Å². The lowest BCUT2D eigenvalue weighted by Gasteiger charge is -2.47. The fourth-order valence-electron chi connectivity index (χ4n) is 5.04. The Balaban J connectivity index is 1.55. The number of nitrogens with zero attached hydrogens (tertiary/aromatic N) is 1. The fourth-order valence-corrected chi connectivity index (χ4v) is 6.72. The molecule has 3 aromatic carbocycles. The molecule has 1 fully saturated rings. The van der Waals surface area contributed by atoms with Gasteiger partial charge in [0, 0.05) is 37.4 Å². The van der Waals surface area contributed by atoms with Crippen LogP contribution in [0.1, 0.15) is 41.3 Å². The number of carbonyl (C=O) groups excluding carboxylic acids is 1. The van der Waals surface area contributed by atoms with Crippen LogP contribution in [0, 0.1) is 11.6 Å². The van der Waals surface area contributed by atoms with Crippen LogP contribution in [0.2, 0.25) is 0 Å². The lowest BCUT2D eigenvalue weighted by molar-refractivity contribution is 0.0830. The number of hydrogen-bond donors (Lipinski definition) is 6. The lowest BCUT2D eigenvalue weighted by atomic mass is 10.00. The summed E-state index contributed by atoms with van der Waals surface area (Å²) in [6.45, 7) is 3.46. The molecule has 1 heterocycles. The van der Waals surface area contributed by atoms with Gasteiger partial charge >= 0.3 is 0 Å². The largest absolute Gasteiger partial charge is 0.497 e. The van der Waals surface area contributed by atoms with Crippen molar-refractivity contribution in [3.63, 3.8) is 0 Å². The van der Waals surface area contributed by atoms with Gasteiger partial charge in [-0.3, -0.25) is 18.2 Å². The van der Waals surface area contributed by atoms with Gasteiger partial charge in [0.1, 0.15) is 5.75 Å². The molecule has 0 saturated carbocycles. The molecule has 0 aliphatic carbocycles. The molecule has 1 saturated heterocycles. The van der Waals surface area contributed by atoms with E-state index in [2.05, 4.69) is 16.0 Å². The molecular formula is C31H40F2N4O5S. The number of methoxy groups -OCH3 is 1. The maximum Gasteiger partial charge on any atom is 0.251 e. The van der Waals surface area contributed by atoms with Gasteiger partial charge in [0.2, 0.25) is 0 Å². The van der Waals surface area contributed by atoms with Crippen LogP contribution in [0.3, 0.4) is 0 Å². The van der Waals surface area contributed by atoms with Crippen LogP contribution in [0.15, 0.2) is 60.7 Å². The molecule has 0 spiro atoms. The van der Waals surface area contributed by atoms with E-state index in [4.69, 9.17) is 4.74 Å². The van der Waals surface area contributed by atoms with Crippen LogP contribution >= 0.6 is 10.8 Å². The summed E-state index contributed by atoms with van der Waals surface area (Å²) in [6, 6.07) is 15.1. The van der Waals surface area contributed by atoms with Crippen molar-refractivity contribution in [1.29, 1.82) is 0 Å². The first-order valence-corrected chi connectivity index (χ1v) is 16.0. The number of benzene rings is 3. The van der Waals surface area contributed by atoms with E-state index in [0.717, 1.165) is 24.1 Å². The fraction of sp³-hybridized carbons (Fsp3) is 0.387. The quantitative estimate of drug-likeness (QED) is 0.155. The number of nitrogens with one attached hydrogen (secondary N) is 3. The number of aliphatic hydroxyl groups excluding tert-OH is 1. The molecule has 43 heavy (non-hydrogen) atoms. The van der Waals surface area contributed by atoms with Crippen molar-refractivity contribution in [2.24, 2.45) is 0 Å². The molecule has 12 heteroatoms. The number of rotatable bonds is 13. The molecule has 2 atom stereocenters. The van der Waals surface area contributed by atoms with Crippen LogP contribution in [0.4, 0.5) is 20.2 Å². The molecule has 9 nitrogen and oxygen atoms in total. The summed E-state index contributed by atoms with van der Waals surface area (Å²) in [5.41, 5.74) is 2.72. The van der Waals surface area contributed by atoms with Gasteiger partial charge in [0.05, 0.1) is 30.7 Å². The predicted octanol–water partition coefficient (Wildman–Crippen LogP) is 5.16. The molecule has 4 rings (SSSR count). The van der Waals surface area contributed by atoms with E-state index in [1.165, 1.54) is 6.07 Å². The van der Waals surface area contributed by atoms with Gasteiger partial charge < -0.3 is 25.8 Å². The van der Waals surface area contributed by atoms with E-state index < -0.39 is 40.5 Å². The summed E-state index contributed by atoms with van der Waals surface area (Å²) in [5.74, 6) is -1.55. The summed E-state index contributed by atoms with van der Waals surface area (Å²) < 4.78 is 55.8. The highest BCUT2D eigenvalue weighted by Crippen LogP contribution is 2.50. The second-order valence-electron chi connectivity index (χ2n) is 10.5. The van der Waals surface area contributed by atoms with Crippen molar-refractivity contribution in [2.45, 2.75) is 44.9 Å².